The van der Waals surface area contributed by atoms with Crippen molar-refractivity contribution < 1.29 is 14.3 Å². The molecule has 0 spiro atoms. The second-order valence-corrected chi connectivity index (χ2v) is 4.49. The monoisotopic (exact) mass is 248 g/mol. The molecule has 5 heteroatoms. The smallest absolute Gasteiger partial charge is 0.255 e. The first-order chi connectivity index (χ1) is 8.83. The SMILES string of the molecule is O=C1NCCOc2cc(O[C@@H]3CCNC3)ccc21. The number of nitrogens with one attached hydrogen (secondary N) is 2. The lowest BCUT2D eigenvalue weighted by atomic mass is 10.2. The molecule has 2 N–H and O–H groups in total. The molecular weight excluding hydrogens is 232 g/mol. The fourth-order valence-electron chi connectivity index (χ4n) is 2.22. The van der Waals surface area contributed by atoms with E-state index in [1.54, 1.807) is 12.1 Å². The van der Waals surface area contributed by atoms with E-state index >= 15 is 0 Å². The summed E-state index contributed by atoms with van der Waals surface area (Å²) in [6, 6.07) is 5.39. The molecule has 2 aliphatic rings. The van der Waals surface area contributed by atoms with E-state index in [0.717, 1.165) is 25.3 Å². The van der Waals surface area contributed by atoms with Crippen molar-refractivity contribution in [2.45, 2.75) is 12.5 Å². The Morgan fingerprint density at radius 3 is 3.11 bits per heavy atom. The van der Waals surface area contributed by atoms with E-state index in [0.29, 0.717) is 24.5 Å². The lowest BCUT2D eigenvalue weighted by Gasteiger charge is -2.14. The molecule has 1 amide bonds. The van der Waals surface area contributed by atoms with Gasteiger partial charge in [-0.15, -0.1) is 0 Å². The van der Waals surface area contributed by atoms with Gasteiger partial charge in [0.25, 0.3) is 5.91 Å². The van der Waals surface area contributed by atoms with Gasteiger partial charge in [0.15, 0.2) is 0 Å². The zero-order valence-electron chi connectivity index (χ0n) is 10.1. The summed E-state index contributed by atoms with van der Waals surface area (Å²) in [4.78, 5) is 11.7. The number of amides is 1. The van der Waals surface area contributed by atoms with Crippen molar-refractivity contribution in [1.29, 1.82) is 0 Å². The van der Waals surface area contributed by atoms with E-state index in [1.807, 2.05) is 6.07 Å². The first-order valence-electron chi connectivity index (χ1n) is 6.25. The van der Waals surface area contributed by atoms with Crippen LogP contribution in [0.15, 0.2) is 18.2 Å². The summed E-state index contributed by atoms with van der Waals surface area (Å²) in [6.07, 6.45) is 1.22. The lowest BCUT2D eigenvalue weighted by Crippen LogP contribution is -2.24. The average molecular weight is 248 g/mol. The van der Waals surface area contributed by atoms with Gasteiger partial charge in [-0.1, -0.05) is 0 Å². The van der Waals surface area contributed by atoms with Gasteiger partial charge >= 0.3 is 0 Å². The summed E-state index contributed by atoms with van der Waals surface area (Å²) < 4.78 is 11.4. The van der Waals surface area contributed by atoms with E-state index in [1.165, 1.54) is 0 Å². The molecule has 0 radical (unpaired) electrons. The molecule has 0 aliphatic carbocycles. The van der Waals surface area contributed by atoms with Crippen LogP contribution in [0.2, 0.25) is 0 Å². The third-order valence-electron chi connectivity index (χ3n) is 3.16. The van der Waals surface area contributed by atoms with Crippen LogP contribution >= 0.6 is 0 Å². The quantitative estimate of drug-likeness (QED) is 0.802. The maximum atomic E-state index is 11.7. The van der Waals surface area contributed by atoms with Gasteiger partial charge in [-0.3, -0.25) is 4.79 Å². The van der Waals surface area contributed by atoms with Gasteiger partial charge in [-0.2, -0.15) is 0 Å². The number of fused-ring (bicyclic) bond motifs is 1. The Labute approximate surface area is 105 Å². The zero-order chi connectivity index (χ0) is 12.4. The van der Waals surface area contributed by atoms with Crippen LogP contribution in [0.4, 0.5) is 0 Å². The molecular formula is C13H16N2O3. The predicted octanol–water partition coefficient (Wildman–Crippen LogP) is 0.550. The molecule has 18 heavy (non-hydrogen) atoms. The van der Waals surface area contributed by atoms with Crippen LogP contribution < -0.4 is 20.1 Å². The molecule has 3 rings (SSSR count). The first kappa shape index (κ1) is 11.3. The molecule has 1 fully saturated rings. The van der Waals surface area contributed by atoms with Gasteiger partial charge in [0.2, 0.25) is 0 Å². The van der Waals surface area contributed by atoms with Crippen LogP contribution in [-0.2, 0) is 0 Å². The Hall–Kier alpha value is -1.75. The standard InChI is InChI=1S/C13H16N2O3/c16-13-11-2-1-9(18-10-3-4-14-8-10)7-12(11)17-6-5-15-13/h1-2,7,10,14H,3-6,8H2,(H,15,16)/t10-/m1/s1. The van der Waals surface area contributed by atoms with Crippen molar-refractivity contribution in [2.24, 2.45) is 0 Å². The fraction of sp³-hybridized carbons (Fsp3) is 0.462. The van der Waals surface area contributed by atoms with Gasteiger partial charge < -0.3 is 20.1 Å². The minimum atomic E-state index is -0.0865. The van der Waals surface area contributed by atoms with Crippen molar-refractivity contribution in [2.75, 3.05) is 26.2 Å². The molecule has 0 unspecified atom stereocenters. The molecule has 1 saturated heterocycles. The lowest BCUT2D eigenvalue weighted by molar-refractivity contribution is 0.0957. The van der Waals surface area contributed by atoms with Crippen LogP contribution in [0, 0.1) is 0 Å². The molecule has 0 bridgehead atoms. The van der Waals surface area contributed by atoms with E-state index in [-0.39, 0.29) is 12.0 Å². The molecule has 1 aromatic carbocycles. The average Bonchev–Trinajstić information content (AvgIpc) is 2.80. The number of carbonyl (C=O) groups is 1. The molecule has 0 aromatic heterocycles. The van der Waals surface area contributed by atoms with E-state index in [4.69, 9.17) is 9.47 Å². The number of rotatable bonds is 2. The largest absolute Gasteiger partial charge is 0.491 e. The fourth-order valence-corrected chi connectivity index (χ4v) is 2.22. The van der Waals surface area contributed by atoms with Gasteiger partial charge in [-0.25, -0.2) is 0 Å². The zero-order valence-corrected chi connectivity index (χ0v) is 10.1. The molecule has 2 heterocycles. The highest BCUT2D eigenvalue weighted by atomic mass is 16.5. The van der Waals surface area contributed by atoms with Crippen LogP contribution in [0.1, 0.15) is 16.8 Å². The molecule has 0 saturated carbocycles. The third kappa shape index (κ3) is 2.26. The van der Waals surface area contributed by atoms with Crippen molar-refractivity contribution >= 4 is 5.91 Å². The van der Waals surface area contributed by atoms with Crippen molar-refractivity contribution in [3.63, 3.8) is 0 Å². The van der Waals surface area contributed by atoms with Gasteiger partial charge in [0.05, 0.1) is 12.1 Å². The van der Waals surface area contributed by atoms with Gasteiger partial charge in [0.1, 0.15) is 24.2 Å². The summed E-state index contributed by atoms with van der Waals surface area (Å²) in [5.41, 5.74) is 0.574. The Morgan fingerprint density at radius 2 is 2.28 bits per heavy atom. The van der Waals surface area contributed by atoms with Crippen LogP contribution in [-0.4, -0.2) is 38.3 Å². The Bertz CT molecular complexity index is 456. The maximum absolute atomic E-state index is 11.7. The topological polar surface area (TPSA) is 59.6 Å². The Kier molecular flexibility index (Phi) is 3.06. The maximum Gasteiger partial charge on any atom is 0.255 e. The number of benzene rings is 1. The van der Waals surface area contributed by atoms with Gasteiger partial charge in [-0.05, 0) is 25.1 Å². The van der Waals surface area contributed by atoms with Crippen molar-refractivity contribution in [1.82, 2.24) is 10.6 Å². The predicted molar refractivity (Wildman–Crippen MR) is 66.2 cm³/mol. The minimum absolute atomic E-state index is 0.0865. The highest BCUT2D eigenvalue weighted by Gasteiger charge is 2.19. The summed E-state index contributed by atoms with van der Waals surface area (Å²) >= 11 is 0. The third-order valence-corrected chi connectivity index (χ3v) is 3.16. The van der Waals surface area contributed by atoms with Crippen LogP contribution in [0.25, 0.3) is 0 Å². The number of carbonyl (C=O) groups excluding carboxylic acids is 1. The van der Waals surface area contributed by atoms with Crippen LogP contribution in [0.5, 0.6) is 11.5 Å². The minimum Gasteiger partial charge on any atom is -0.491 e. The Balaban J connectivity index is 1.80. The van der Waals surface area contributed by atoms with Gasteiger partial charge in [0, 0.05) is 12.6 Å². The van der Waals surface area contributed by atoms with Crippen LogP contribution in [0.3, 0.4) is 0 Å². The molecule has 5 nitrogen and oxygen atoms in total. The van der Waals surface area contributed by atoms with E-state index in [2.05, 4.69) is 10.6 Å². The Morgan fingerprint density at radius 1 is 1.33 bits per heavy atom. The number of hydrogen-bond acceptors (Lipinski definition) is 4. The second kappa shape index (κ2) is 4.86. The summed E-state index contributed by atoms with van der Waals surface area (Å²) in [5.74, 6) is 1.28. The first-order valence-corrected chi connectivity index (χ1v) is 6.25. The van der Waals surface area contributed by atoms with E-state index < -0.39 is 0 Å². The molecule has 1 aromatic rings. The molecule has 96 valence electrons. The van der Waals surface area contributed by atoms with Crippen molar-refractivity contribution in [3.05, 3.63) is 23.8 Å². The molecule has 2 aliphatic heterocycles. The molecule has 1 atom stereocenters. The number of hydrogen-bond donors (Lipinski definition) is 2. The van der Waals surface area contributed by atoms with Crippen molar-refractivity contribution in [3.8, 4) is 11.5 Å². The van der Waals surface area contributed by atoms with E-state index in [9.17, 15) is 4.79 Å². The highest BCUT2D eigenvalue weighted by Crippen LogP contribution is 2.27. The summed E-state index contributed by atoms with van der Waals surface area (Å²) in [5, 5.41) is 6.03. The normalized spacial score (nSPS) is 22.7. The summed E-state index contributed by atoms with van der Waals surface area (Å²) in [6.45, 7) is 2.90. The number of ether oxygens (including phenoxy) is 2. The highest BCUT2D eigenvalue weighted by molar-refractivity contribution is 5.97. The second-order valence-electron chi connectivity index (χ2n) is 4.49. The summed E-state index contributed by atoms with van der Waals surface area (Å²) in [7, 11) is 0.